The summed E-state index contributed by atoms with van der Waals surface area (Å²) in [5.74, 6) is 1.17. The van der Waals surface area contributed by atoms with Crippen LogP contribution >= 0.6 is 11.8 Å². The van der Waals surface area contributed by atoms with Crippen LogP contribution in [0.2, 0.25) is 0 Å². The van der Waals surface area contributed by atoms with Crippen molar-refractivity contribution in [3.8, 4) is 0 Å². The van der Waals surface area contributed by atoms with Gasteiger partial charge in [0.1, 0.15) is 5.54 Å². The molecule has 0 spiro atoms. The molecule has 0 amide bonds. The van der Waals surface area contributed by atoms with Gasteiger partial charge in [-0.1, -0.05) is 18.2 Å². The maximum Gasteiger partial charge on any atom is 0.326 e. The molecule has 1 aromatic heterocycles. The molecule has 0 aliphatic heterocycles. The quantitative estimate of drug-likeness (QED) is 0.616. The van der Waals surface area contributed by atoms with Crippen molar-refractivity contribution in [1.29, 1.82) is 0 Å². The molecule has 1 saturated carbocycles. The number of likely N-dealkylation sites (N-methyl/N-ethyl adjacent to an activating group) is 1. The number of methoxy groups -OCH3 is 1. The van der Waals surface area contributed by atoms with Gasteiger partial charge in [-0.3, -0.25) is 4.79 Å². The Balaban J connectivity index is 1.92. The zero-order valence-corrected chi connectivity index (χ0v) is 12.3. The highest BCUT2D eigenvalue weighted by Crippen LogP contribution is 2.39. The monoisotopic (exact) mass is 283 g/mol. The van der Waals surface area contributed by atoms with E-state index in [9.17, 15) is 4.79 Å². The van der Waals surface area contributed by atoms with Crippen molar-refractivity contribution < 1.29 is 9.53 Å². The number of thioether (sulfide) groups is 1. The molecule has 1 heterocycles. The Hall–Kier alpha value is -1.01. The first-order valence-electron chi connectivity index (χ1n) is 6.62. The molecule has 106 valence electrons. The lowest BCUT2D eigenvalue weighted by Crippen LogP contribution is -2.53. The zero-order valence-electron chi connectivity index (χ0n) is 11.4. The summed E-state index contributed by atoms with van der Waals surface area (Å²) in [6, 6.07) is 0. The van der Waals surface area contributed by atoms with Gasteiger partial charge in [-0.25, -0.2) is 4.98 Å². The van der Waals surface area contributed by atoms with Gasteiger partial charge in [-0.05, 0) is 32.2 Å². The highest BCUT2D eigenvalue weighted by molar-refractivity contribution is 7.99. The smallest absolute Gasteiger partial charge is 0.326 e. The van der Waals surface area contributed by atoms with E-state index < -0.39 is 5.54 Å². The van der Waals surface area contributed by atoms with Crippen molar-refractivity contribution in [1.82, 2.24) is 15.3 Å². The molecule has 1 aliphatic rings. The van der Waals surface area contributed by atoms with Crippen LogP contribution in [0.25, 0.3) is 0 Å². The molecule has 0 radical (unpaired) electrons. The van der Waals surface area contributed by atoms with Crippen LogP contribution in [0.3, 0.4) is 0 Å². The van der Waals surface area contributed by atoms with E-state index in [4.69, 9.17) is 4.74 Å². The second-order valence-electron chi connectivity index (χ2n) is 4.83. The molecule has 0 aromatic carbocycles. The summed E-state index contributed by atoms with van der Waals surface area (Å²) < 4.78 is 4.98. The molecule has 2 N–H and O–H groups in total. The van der Waals surface area contributed by atoms with Gasteiger partial charge in [0.25, 0.3) is 0 Å². The normalized spacial score (nSPS) is 26.5. The van der Waals surface area contributed by atoms with Crippen molar-refractivity contribution >= 4 is 17.7 Å². The molecule has 2 atom stereocenters. The standard InChI is InChI=1S/C13H21N3O2S/c1-14-13(11(17)18-2)6-3-4-10(13)5-9-19-12-15-7-8-16-12/h7-8,10,14H,3-6,9H2,1-2H3,(H,15,16). The first-order chi connectivity index (χ1) is 9.23. The maximum atomic E-state index is 12.1. The first-order valence-corrected chi connectivity index (χ1v) is 7.61. The van der Waals surface area contributed by atoms with Crippen LogP contribution in [0.4, 0.5) is 0 Å². The van der Waals surface area contributed by atoms with Gasteiger partial charge in [-0.2, -0.15) is 0 Å². The van der Waals surface area contributed by atoms with Crippen LogP contribution in [0.1, 0.15) is 25.7 Å². The van der Waals surface area contributed by atoms with Crippen molar-refractivity contribution in [2.75, 3.05) is 19.9 Å². The average molecular weight is 283 g/mol. The number of aromatic nitrogens is 2. The number of aromatic amines is 1. The molecule has 2 unspecified atom stereocenters. The van der Waals surface area contributed by atoms with E-state index in [1.54, 1.807) is 18.0 Å². The third kappa shape index (κ3) is 2.95. The minimum Gasteiger partial charge on any atom is -0.468 e. The van der Waals surface area contributed by atoms with Gasteiger partial charge in [0.05, 0.1) is 7.11 Å². The van der Waals surface area contributed by atoms with Gasteiger partial charge < -0.3 is 15.0 Å². The van der Waals surface area contributed by atoms with Crippen LogP contribution in [0, 0.1) is 5.92 Å². The van der Waals surface area contributed by atoms with Crippen molar-refractivity contribution in [3.05, 3.63) is 12.4 Å². The number of nitrogens with one attached hydrogen (secondary N) is 2. The number of carbonyl (C=O) groups is 1. The van der Waals surface area contributed by atoms with Gasteiger partial charge in [-0.15, -0.1) is 0 Å². The molecule has 1 aliphatic carbocycles. The molecule has 0 saturated heterocycles. The van der Waals surface area contributed by atoms with Gasteiger partial charge in [0, 0.05) is 18.1 Å². The molecule has 5 nitrogen and oxygen atoms in total. The summed E-state index contributed by atoms with van der Waals surface area (Å²) in [6.07, 6.45) is 7.59. The number of hydrogen-bond donors (Lipinski definition) is 2. The van der Waals surface area contributed by atoms with Crippen LogP contribution in [-0.4, -0.2) is 41.4 Å². The third-order valence-electron chi connectivity index (χ3n) is 3.99. The minimum absolute atomic E-state index is 0.125. The lowest BCUT2D eigenvalue weighted by Gasteiger charge is -2.32. The van der Waals surface area contributed by atoms with Crippen molar-refractivity contribution in [2.24, 2.45) is 5.92 Å². The fourth-order valence-electron chi connectivity index (χ4n) is 2.98. The van der Waals surface area contributed by atoms with Crippen LogP contribution in [0.5, 0.6) is 0 Å². The molecule has 1 aromatic rings. The summed E-state index contributed by atoms with van der Waals surface area (Å²) in [7, 11) is 3.32. The molecular weight excluding hydrogens is 262 g/mol. The molecule has 1 fully saturated rings. The van der Waals surface area contributed by atoms with E-state index in [2.05, 4.69) is 15.3 Å². The summed E-state index contributed by atoms with van der Waals surface area (Å²) in [5, 5.41) is 4.15. The average Bonchev–Trinajstić information content (AvgIpc) is 3.08. The number of hydrogen-bond acceptors (Lipinski definition) is 5. The second-order valence-corrected chi connectivity index (χ2v) is 5.92. The fraction of sp³-hybridized carbons (Fsp3) is 0.692. The third-order valence-corrected chi connectivity index (χ3v) is 4.93. The Morgan fingerprint density at radius 3 is 3.21 bits per heavy atom. The van der Waals surface area contributed by atoms with E-state index in [-0.39, 0.29) is 5.97 Å². The summed E-state index contributed by atoms with van der Waals surface area (Å²) in [4.78, 5) is 19.3. The molecule has 0 bridgehead atoms. The molecule has 19 heavy (non-hydrogen) atoms. The van der Waals surface area contributed by atoms with E-state index in [1.807, 2.05) is 13.2 Å². The van der Waals surface area contributed by atoms with Gasteiger partial charge >= 0.3 is 5.97 Å². The maximum absolute atomic E-state index is 12.1. The predicted molar refractivity (Wildman–Crippen MR) is 75.1 cm³/mol. The number of imidazole rings is 1. The van der Waals surface area contributed by atoms with Crippen molar-refractivity contribution in [3.63, 3.8) is 0 Å². The Kier molecular flexibility index (Phi) is 4.87. The molecule has 2 rings (SSSR count). The number of ether oxygens (including phenoxy) is 1. The van der Waals surface area contributed by atoms with Crippen LogP contribution in [-0.2, 0) is 9.53 Å². The summed E-state index contributed by atoms with van der Waals surface area (Å²) in [5.41, 5.74) is -0.488. The van der Waals surface area contributed by atoms with E-state index in [0.717, 1.165) is 36.6 Å². The second kappa shape index (κ2) is 6.43. The van der Waals surface area contributed by atoms with Crippen LogP contribution < -0.4 is 5.32 Å². The number of H-pyrrole nitrogens is 1. The van der Waals surface area contributed by atoms with Gasteiger partial charge in [0.2, 0.25) is 0 Å². The zero-order chi connectivity index (χ0) is 13.7. The van der Waals surface area contributed by atoms with E-state index in [0.29, 0.717) is 5.92 Å². The highest BCUT2D eigenvalue weighted by Gasteiger charge is 2.48. The Bertz CT molecular complexity index is 410. The van der Waals surface area contributed by atoms with Gasteiger partial charge in [0.15, 0.2) is 5.16 Å². The Labute approximate surface area is 117 Å². The number of carbonyl (C=O) groups excluding carboxylic acids is 1. The number of rotatable bonds is 6. The fourth-order valence-corrected chi connectivity index (χ4v) is 3.86. The summed E-state index contributed by atoms with van der Waals surface area (Å²) in [6.45, 7) is 0. The number of nitrogens with zero attached hydrogens (tertiary/aromatic N) is 1. The summed E-state index contributed by atoms with van der Waals surface area (Å²) >= 11 is 1.70. The largest absolute Gasteiger partial charge is 0.468 e. The van der Waals surface area contributed by atoms with Crippen molar-refractivity contribution in [2.45, 2.75) is 36.4 Å². The van der Waals surface area contributed by atoms with E-state index >= 15 is 0 Å². The predicted octanol–water partition coefficient (Wildman–Crippen LogP) is 1.82. The molecule has 6 heteroatoms. The SMILES string of the molecule is CNC1(C(=O)OC)CCCC1CCSc1ncc[nH]1. The topological polar surface area (TPSA) is 67.0 Å². The lowest BCUT2D eigenvalue weighted by atomic mass is 9.85. The van der Waals surface area contributed by atoms with E-state index in [1.165, 1.54) is 7.11 Å². The number of esters is 1. The highest BCUT2D eigenvalue weighted by atomic mass is 32.2. The Morgan fingerprint density at radius 1 is 1.74 bits per heavy atom. The minimum atomic E-state index is -0.488. The molecular formula is C13H21N3O2S. The Morgan fingerprint density at radius 2 is 2.58 bits per heavy atom. The lowest BCUT2D eigenvalue weighted by molar-refractivity contribution is -0.150. The first kappa shape index (κ1) is 14.4. The van der Waals surface area contributed by atoms with Crippen LogP contribution in [0.15, 0.2) is 17.6 Å².